The number of nitrogens with two attached hydrogens (primary N) is 1. The summed E-state index contributed by atoms with van der Waals surface area (Å²) in [5.74, 6) is 0.0691. The van der Waals surface area contributed by atoms with Crippen LogP contribution in [0.5, 0.6) is 11.6 Å². The molecule has 3 rings (SSSR count). The van der Waals surface area contributed by atoms with Gasteiger partial charge >= 0.3 is 12.3 Å². The van der Waals surface area contributed by atoms with Crippen molar-refractivity contribution in [3.8, 4) is 11.6 Å². The Kier molecular flexibility index (Phi) is 7.64. The van der Waals surface area contributed by atoms with Gasteiger partial charge in [0, 0.05) is 25.0 Å². The molecule has 1 atom stereocenters. The number of nitrogens with one attached hydrogen (secondary N) is 1. The number of benzene rings is 1. The van der Waals surface area contributed by atoms with Crippen molar-refractivity contribution in [1.29, 1.82) is 0 Å². The van der Waals surface area contributed by atoms with E-state index in [0.717, 1.165) is 4.31 Å². The molecule has 15 heteroatoms. The number of alkyl halides is 3. The third-order valence-corrected chi connectivity index (χ3v) is 7.06. The number of hydrogen-bond donors (Lipinski definition) is 2. The fraction of sp³-hybridized carbons (Fsp3) is 0.524. The van der Waals surface area contributed by atoms with Gasteiger partial charge in [-0.2, -0.15) is 13.2 Å². The van der Waals surface area contributed by atoms with Crippen molar-refractivity contribution in [1.82, 2.24) is 9.78 Å². The summed E-state index contributed by atoms with van der Waals surface area (Å²) in [7, 11) is -4.26. The average molecular weight is 536 g/mol. The van der Waals surface area contributed by atoms with Gasteiger partial charge in [-0.3, -0.25) is 14.3 Å². The zero-order valence-corrected chi connectivity index (χ0v) is 20.9. The number of carbonyl (C=O) groups excluding carboxylic acids is 1. The van der Waals surface area contributed by atoms with Crippen molar-refractivity contribution in [3.05, 3.63) is 24.4 Å². The van der Waals surface area contributed by atoms with Crippen LogP contribution in [0.4, 0.5) is 29.3 Å². The molecule has 1 aromatic carbocycles. The molecule has 0 aliphatic carbocycles. The van der Waals surface area contributed by atoms with Gasteiger partial charge in [0.25, 0.3) is 15.9 Å². The highest BCUT2D eigenvalue weighted by Gasteiger charge is 2.51. The molecule has 0 saturated heterocycles. The van der Waals surface area contributed by atoms with Gasteiger partial charge in [0.2, 0.25) is 5.60 Å². The molecule has 11 nitrogen and oxygen atoms in total. The number of carbonyl (C=O) groups is 1. The third-order valence-electron chi connectivity index (χ3n) is 5.30. The Hall–Kier alpha value is -3.20. The molecule has 2 heterocycles. The predicted molar refractivity (Wildman–Crippen MR) is 124 cm³/mol. The van der Waals surface area contributed by atoms with E-state index in [1.54, 1.807) is 13.8 Å². The van der Waals surface area contributed by atoms with Crippen molar-refractivity contribution in [2.24, 2.45) is 5.73 Å². The number of ether oxygens (including phenoxy) is 3. The fourth-order valence-corrected chi connectivity index (χ4v) is 4.83. The lowest BCUT2D eigenvalue weighted by molar-refractivity contribution is -0.242. The Labute approximate surface area is 206 Å². The van der Waals surface area contributed by atoms with Crippen LogP contribution in [0.3, 0.4) is 0 Å². The van der Waals surface area contributed by atoms with E-state index >= 15 is 0 Å². The molecular weight excluding hydrogens is 507 g/mol. The number of anilines is 2. The number of aromatic nitrogens is 2. The van der Waals surface area contributed by atoms with Crippen LogP contribution in [0, 0.1) is 0 Å². The monoisotopic (exact) mass is 535 g/mol. The minimum Gasteiger partial charge on any atom is -0.485 e. The van der Waals surface area contributed by atoms with Crippen molar-refractivity contribution in [2.45, 2.75) is 57.0 Å². The number of halogens is 3. The number of sulfonamides is 1. The van der Waals surface area contributed by atoms with Crippen molar-refractivity contribution in [2.75, 3.05) is 29.3 Å². The van der Waals surface area contributed by atoms with Crippen LogP contribution in [-0.4, -0.2) is 61.9 Å². The summed E-state index contributed by atoms with van der Waals surface area (Å²) in [6.07, 6.45) is -5.50. The van der Waals surface area contributed by atoms with Crippen LogP contribution in [0.15, 0.2) is 29.3 Å². The number of rotatable bonds is 8. The summed E-state index contributed by atoms with van der Waals surface area (Å²) in [5.41, 5.74) is 3.03. The highest BCUT2D eigenvalue weighted by atomic mass is 32.2. The molecule has 36 heavy (non-hydrogen) atoms. The number of nitrogens with zero attached hydrogens (tertiary/aromatic N) is 3. The van der Waals surface area contributed by atoms with Crippen LogP contribution >= 0.6 is 0 Å². The van der Waals surface area contributed by atoms with E-state index < -0.39 is 34.0 Å². The number of amides is 1. The molecule has 0 bridgehead atoms. The minimum atomic E-state index is -4.79. The summed E-state index contributed by atoms with van der Waals surface area (Å²) in [6, 6.07) is 3.97. The molecule has 0 fully saturated rings. The molecule has 1 unspecified atom stereocenters. The summed E-state index contributed by atoms with van der Waals surface area (Å²) in [6.45, 7) is 5.31. The zero-order chi connectivity index (χ0) is 26.9. The molecule has 0 spiro atoms. The molecular formula is C21H28F3N5O6S. The van der Waals surface area contributed by atoms with Gasteiger partial charge in [0.1, 0.15) is 11.9 Å². The first-order chi connectivity index (χ1) is 16.7. The number of hydrogen-bond acceptors (Lipinski definition) is 8. The Bertz CT molecular complexity index is 1220. The highest BCUT2D eigenvalue weighted by Crippen LogP contribution is 2.40. The van der Waals surface area contributed by atoms with Crippen LogP contribution in [-0.2, 0) is 21.3 Å². The standard InChI is InChI=1S/C21H28F3N5O6S/c1-5-28-12-17(18(27-28)33-6-2)36(31,32)29-11-14(10-25)34-16-8-7-13(9-15(16)29)26-19(30)35-20(3,4)21(22,23)24/h7-9,12,14H,5-6,10-11,25H2,1-4H3,(H,26,30). The summed E-state index contributed by atoms with van der Waals surface area (Å²) >= 11 is 0. The van der Waals surface area contributed by atoms with Gasteiger partial charge in [0.15, 0.2) is 4.90 Å². The van der Waals surface area contributed by atoms with E-state index in [4.69, 9.17) is 15.2 Å². The molecule has 1 aliphatic heterocycles. The molecule has 1 aromatic heterocycles. The van der Waals surface area contributed by atoms with Crippen LogP contribution in [0.1, 0.15) is 27.7 Å². The molecule has 1 amide bonds. The van der Waals surface area contributed by atoms with Crippen LogP contribution < -0.4 is 24.8 Å². The van der Waals surface area contributed by atoms with Gasteiger partial charge in [0.05, 0.1) is 18.8 Å². The van der Waals surface area contributed by atoms with Gasteiger partial charge in [-0.25, -0.2) is 13.2 Å². The highest BCUT2D eigenvalue weighted by molar-refractivity contribution is 7.93. The summed E-state index contributed by atoms with van der Waals surface area (Å²) in [4.78, 5) is 12.0. The molecule has 200 valence electrons. The Balaban J connectivity index is 1.99. The van der Waals surface area contributed by atoms with E-state index in [-0.39, 0.29) is 47.6 Å². The lowest BCUT2D eigenvalue weighted by Gasteiger charge is -2.35. The largest absolute Gasteiger partial charge is 0.485 e. The van der Waals surface area contributed by atoms with Crippen molar-refractivity contribution >= 4 is 27.5 Å². The zero-order valence-electron chi connectivity index (χ0n) is 20.1. The number of aryl methyl sites for hydroxylation is 1. The SMILES string of the molecule is CCOc1nn(CC)cc1S(=O)(=O)N1CC(CN)Oc2ccc(NC(=O)OC(C)(C)C(F)(F)F)cc21. The normalized spacial score (nSPS) is 16.2. The lowest BCUT2D eigenvalue weighted by atomic mass is 10.1. The predicted octanol–water partition coefficient (Wildman–Crippen LogP) is 3.11. The Morgan fingerprint density at radius 2 is 2.00 bits per heavy atom. The van der Waals surface area contributed by atoms with E-state index in [2.05, 4.69) is 15.2 Å². The number of fused-ring (bicyclic) bond motifs is 1. The maximum absolute atomic E-state index is 13.7. The Morgan fingerprint density at radius 1 is 1.31 bits per heavy atom. The quantitative estimate of drug-likeness (QED) is 0.526. The van der Waals surface area contributed by atoms with E-state index in [1.807, 2.05) is 0 Å². The Morgan fingerprint density at radius 3 is 2.58 bits per heavy atom. The maximum Gasteiger partial charge on any atom is 0.427 e. The first-order valence-corrected chi connectivity index (χ1v) is 12.5. The second-order valence-corrected chi connectivity index (χ2v) is 10.1. The summed E-state index contributed by atoms with van der Waals surface area (Å²) in [5, 5.41) is 6.35. The van der Waals surface area contributed by atoms with Gasteiger partial charge in [-0.05, 0) is 45.9 Å². The van der Waals surface area contributed by atoms with E-state index in [1.165, 1.54) is 29.1 Å². The molecule has 3 N–H and O–H groups in total. The second-order valence-electron chi connectivity index (χ2n) is 8.30. The van der Waals surface area contributed by atoms with Crippen LogP contribution in [0.2, 0.25) is 0 Å². The molecule has 1 aliphatic rings. The van der Waals surface area contributed by atoms with E-state index in [9.17, 15) is 26.4 Å². The molecule has 0 saturated carbocycles. The molecule has 2 aromatic rings. The van der Waals surface area contributed by atoms with Crippen LogP contribution in [0.25, 0.3) is 0 Å². The first-order valence-electron chi connectivity index (χ1n) is 11.0. The lowest BCUT2D eigenvalue weighted by Crippen LogP contribution is -2.46. The van der Waals surface area contributed by atoms with E-state index in [0.29, 0.717) is 20.4 Å². The molecule has 0 radical (unpaired) electrons. The second kappa shape index (κ2) is 10.0. The first kappa shape index (κ1) is 27.4. The maximum atomic E-state index is 13.7. The van der Waals surface area contributed by atoms with Gasteiger partial charge in [-0.15, -0.1) is 5.10 Å². The van der Waals surface area contributed by atoms with Crippen molar-refractivity contribution < 1.29 is 40.6 Å². The summed E-state index contributed by atoms with van der Waals surface area (Å²) < 4.78 is 84.8. The van der Waals surface area contributed by atoms with Gasteiger partial charge in [-0.1, -0.05) is 0 Å². The topological polar surface area (TPSA) is 138 Å². The minimum absolute atomic E-state index is 0.0108. The van der Waals surface area contributed by atoms with Crippen molar-refractivity contribution in [3.63, 3.8) is 0 Å². The van der Waals surface area contributed by atoms with Gasteiger partial charge < -0.3 is 19.9 Å². The smallest absolute Gasteiger partial charge is 0.427 e. The average Bonchev–Trinajstić information content (AvgIpc) is 3.21. The fourth-order valence-electron chi connectivity index (χ4n) is 3.25. The third kappa shape index (κ3) is 5.46.